The third-order valence-corrected chi connectivity index (χ3v) is 9.50. The van der Waals surface area contributed by atoms with Crippen LogP contribution in [0.1, 0.15) is 169 Å². The molecule has 52 heavy (non-hydrogen) atoms. The fraction of sp³-hybridized carbons (Fsp3) is 0.826. The molecular formula is C46H89FN4O. The van der Waals surface area contributed by atoms with Crippen LogP contribution in [0.25, 0.3) is 0 Å². The number of nitrogens with zero attached hydrogens (tertiary/aromatic N) is 3. The van der Waals surface area contributed by atoms with Gasteiger partial charge in [0.15, 0.2) is 0 Å². The van der Waals surface area contributed by atoms with Crippen molar-refractivity contribution in [3.8, 4) is 0 Å². The van der Waals surface area contributed by atoms with E-state index in [4.69, 9.17) is 0 Å². The number of nitrogens with one attached hydrogen (secondary N) is 1. The van der Waals surface area contributed by atoms with Gasteiger partial charge in [-0.25, -0.2) is 4.39 Å². The summed E-state index contributed by atoms with van der Waals surface area (Å²) in [6.45, 7) is 48.1. The van der Waals surface area contributed by atoms with Crippen molar-refractivity contribution in [2.24, 2.45) is 5.92 Å². The van der Waals surface area contributed by atoms with Crippen molar-refractivity contribution in [1.82, 2.24) is 20.0 Å². The number of piperidine rings is 2. The van der Waals surface area contributed by atoms with Crippen LogP contribution in [0.3, 0.4) is 0 Å². The Hall–Kier alpha value is -1.31. The number of hydrogen-bond acceptors (Lipinski definition) is 5. The van der Waals surface area contributed by atoms with Crippen molar-refractivity contribution >= 4 is 0 Å². The molecule has 0 aromatic heterocycles. The first-order valence-electron chi connectivity index (χ1n) is 20.5. The number of aliphatic hydroxyl groups excluding tert-OH is 1. The van der Waals surface area contributed by atoms with Crippen molar-refractivity contribution in [2.45, 2.75) is 203 Å². The Morgan fingerprint density at radius 1 is 0.654 bits per heavy atom. The van der Waals surface area contributed by atoms with E-state index in [-0.39, 0.29) is 27.8 Å². The number of rotatable bonds is 1. The summed E-state index contributed by atoms with van der Waals surface area (Å²) in [7, 11) is 0. The van der Waals surface area contributed by atoms with Gasteiger partial charge in [0.1, 0.15) is 5.82 Å². The second kappa shape index (κ2) is 21.7. The largest absolute Gasteiger partial charge is 0.395 e. The Bertz CT molecular complexity index is 1100. The van der Waals surface area contributed by atoms with Gasteiger partial charge in [0, 0.05) is 53.4 Å². The maximum atomic E-state index is 13.1. The molecule has 1 aromatic carbocycles. The lowest BCUT2D eigenvalue weighted by molar-refractivity contribution is 0.0203. The molecule has 306 valence electrons. The minimum absolute atomic E-state index is 0.0919. The van der Waals surface area contributed by atoms with Gasteiger partial charge in [-0.1, -0.05) is 64.5 Å². The average Bonchev–Trinajstić information content (AvgIpc) is 3.52. The Kier molecular flexibility index (Phi) is 21.1. The number of hydrogen-bond donors (Lipinski definition) is 2. The molecule has 2 atom stereocenters. The van der Waals surface area contributed by atoms with E-state index in [1.807, 2.05) is 32.9 Å². The van der Waals surface area contributed by atoms with E-state index in [0.29, 0.717) is 23.7 Å². The molecule has 0 amide bonds. The topological polar surface area (TPSA) is 42.0 Å². The summed E-state index contributed by atoms with van der Waals surface area (Å²) in [4.78, 5) is 7.46. The monoisotopic (exact) mass is 733 g/mol. The summed E-state index contributed by atoms with van der Waals surface area (Å²) < 4.78 is 13.1. The van der Waals surface area contributed by atoms with Gasteiger partial charge in [-0.2, -0.15) is 0 Å². The molecule has 1 aromatic rings. The summed E-state index contributed by atoms with van der Waals surface area (Å²) in [5, 5.41) is 12.6. The van der Waals surface area contributed by atoms with Gasteiger partial charge in [0.2, 0.25) is 0 Å². The van der Waals surface area contributed by atoms with Crippen LogP contribution >= 0.6 is 0 Å². The molecule has 2 N–H and O–H groups in total. The molecule has 0 aliphatic carbocycles. The van der Waals surface area contributed by atoms with Gasteiger partial charge in [-0.05, 0) is 166 Å². The maximum Gasteiger partial charge on any atom is 0.126 e. The highest BCUT2D eigenvalue weighted by atomic mass is 19.1. The van der Waals surface area contributed by atoms with Crippen LogP contribution in [-0.4, -0.2) is 92.9 Å². The van der Waals surface area contributed by atoms with Gasteiger partial charge in [0.05, 0.1) is 6.61 Å². The summed E-state index contributed by atoms with van der Waals surface area (Å²) in [5.41, 5.74) is 2.10. The Labute approximate surface area is 324 Å². The van der Waals surface area contributed by atoms with E-state index in [1.54, 1.807) is 6.07 Å². The van der Waals surface area contributed by atoms with Crippen LogP contribution in [0.15, 0.2) is 36.4 Å². The standard InChI is InChI=1S/C10H13F.C10H21NO.C10H21N.C8H15N.C8H19N/c1-10(2,3)8-6-4-5-7-9(8)11;1-10(2,3)11-7-5-4-6-9(11)8-12;1-9-6-5-7-11(8-9)10(2,3)4;1-8(2,3)9-6-4-5-7-9;1-7(2,3)9-8(4,5)6/h4-7H,1-3H3;9,12H,4-8H2,1-3H3;9H,5-8H2,1-4H3;4-5H,6-7H2,1-3H3;9H,1-6H3. The molecule has 0 spiro atoms. The van der Waals surface area contributed by atoms with E-state index >= 15 is 0 Å². The third-order valence-electron chi connectivity index (χ3n) is 9.50. The predicted octanol–water partition coefficient (Wildman–Crippen LogP) is 11.1. The highest BCUT2D eigenvalue weighted by Crippen LogP contribution is 2.26. The number of halogens is 1. The van der Waals surface area contributed by atoms with Crippen LogP contribution in [-0.2, 0) is 5.41 Å². The highest BCUT2D eigenvalue weighted by molar-refractivity contribution is 5.24. The van der Waals surface area contributed by atoms with Gasteiger partial charge < -0.3 is 10.4 Å². The Morgan fingerprint density at radius 2 is 1.15 bits per heavy atom. The molecule has 6 heteroatoms. The Balaban J connectivity index is 0.000000628. The highest BCUT2D eigenvalue weighted by Gasteiger charge is 2.30. The van der Waals surface area contributed by atoms with Crippen molar-refractivity contribution in [3.63, 3.8) is 0 Å². The lowest BCUT2D eigenvalue weighted by Crippen LogP contribution is -2.52. The van der Waals surface area contributed by atoms with Crippen LogP contribution in [0.5, 0.6) is 0 Å². The van der Waals surface area contributed by atoms with Gasteiger partial charge in [-0.15, -0.1) is 0 Å². The van der Waals surface area contributed by atoms with E-state index in [0.717, 1.165) is 37.5 Å². The second-order valence-corrected chi connectivity index (χ2v) is 21.5. The normalized spacial score (nSPS) is 21.0. The van der Waals surface area contributed by atoms with Crippen LogP contribution in [0, 0.1) is 11.7 Å². The molecule has 0 radical (unpaired) electrons. The SMILES string of the molecule is CC(C)(C)N1CC=CC1.CC(C)(C)N1CCCCC1CO.CC(C)(C)NC(C)(C)C.CC(C)(C)c1ccccc1F.CC1CCCN(C(C)(C)C)C1. The smallest absolute Gasteiger partial charge is 0.126 e. The third kappa shape index (κ3) is 22.8. The fourth-order valence-electron chi connectivity index (χ4n) is 7.09. The molecule has 4 rings (SSSR count). The van der Waals surface area contributed by atoms with E-state index in [9.17, 15) is 9.50 Å². The number of benzene rings is 1. The lowest BCUT2D eigenvalue weighted by Gasteiger charge is -2.43. The number of likely N-dealkylation sites (tertiary alicyclic amines) is 2. The molecule has 0 saturated carbocycles. The van der Waals surface area contributed by atoms with E-state index in [2.05, 4.69) is 143 Å². The molecule has 3 aliphatic heterocycles. The summed E-state index contributed by atoms with van der Waals surface area (Å²) in [5.74, 6) is 0.794. The van der Waals surface area contributed by atoms with Crippen LogP contribution in [0.2, 0.25) is 0 Å². The second-order valence-electron chi connectivity index (χ2n) is 21.5. The van der Waals surface area contributed by atoms with Crippen molar-refractivity contribution in [1.29, 1.82) is 0 Å². The predicted molar refractivity (Wildman–Crippen MR) is 229 cm³/mol. The molecule has 2 unspecified atom stereocenters. The zero-order valence-corrected chi connectivity index (χ0v) is 38.1. The zero-order valence-electron chi connectivity index (χ0n) is 38.1. The first kappa shape index (κ1) is 50.7. The lowest BCUT2D eigenvalue weighted by atomic mass is 9.87. The van der Waals surface area contributed by atoms with Crippen LogP contribution < -0.4 is 5.32 Å². The number of aliphatic hydroxyl groups is 1. The van der Waals surface area contributed by atoms with Crippen molar-refractivity contribution in [3.05, 3.63) is 47.8 Å². The molecule has 5 nitrogen and oxygen atoms in total. The Morgan fingerprint density at radius 3 is 1.44 bits per heavy atom. The van der Waals surface area contributed by atoms with Crippen molar-refractivity contribution < 1.29 is 9.50 Å². The molecule has 2 fully saturated rings. The van der Waals surface area contributed by atoms with Crippen molar-refractivity contribution in [2.75, 3.05) is 39.3 Å². The minimum Gasteiger partial charge on any atom is -0.395 e. The quantitative estimate of drug-likeness (QED) is 0.281. The molecular weight excluding hydrogens is 644 g/mol. The molecule has 3 heterocycles. The van der Waals surface area contributed by atoms with Gasteiger partial charge in [-0.3, -0.25) is 14.7 Å². The van der Waals surface area contributed by atoms with Gasteiger partial charge >= 0.3 is 0 Å². The first-order chi connectivity index (χ1) is 23.4. The first-order valence-corrected chi connectivity index (χ1v) is 20.5. The summed E-state index contributed by atoms with van der Waals surface area (Å²) in [6.07, 6.45) is 11.0. The fourth-order valence-corrected chi connectivity index (χ4v) is 7.09. The zero-order chi connectivity index (χ0) is 40.8. The molecule has 0 bridgehead atoms. The van der Waals surface area contributed by atoms with E-state index < -0.39 is 0 Å². The van der Waals surface area contributed by atoms with Gasteiger partial charge in [0.25, 0.3) is 0 Å². The molecule has 2 saturated heterocycles. The van der Waals surface area contributed by atoms with E-state index in [1.165, 1.54) is 44.8 Å². The minimum atomic E-state index is -0.111. The summed E-state index contributed by atoms with van der Waals surface area (Å²) >= 11 is 0. The summed E-state index contributed by atoms with van der Waals surface area (Å²) in [6, 6.07) is 7.31. The molecule has 3 aliphatic rings. The van der Waals surface area contributed by atoms with Crippen LogP contribution in [0.4, 0.5) is 4.39 Å². The maximum absolute atomic E-state index is 13.1. The average molecular weight is 733 g/mol.